The molecule has 0 saturated carbocycles. The average molecular weight is 404 g/mol. The fraction of sp³-hybridized carbons (Fsp3) is 0. The number of nitrogens with zero attached hydrogens (tertiary/aromatic N) is 2. The molecule has 1 amide bonds. The third kappa shape index (κ3) is 3.79. The van der Waals surface area contributed by atoms with Gasteiger partial charge in [-0.05, 0) is 30.3 Å². The molecule has 0 atom stereocenters. The standard InChI is InChI=1S/C22H14ClN3O3/c23-15-11-9-14(10-12-15)20-13-17(16-5-1-2-6-18(16)24-20)22(27)25-19-7-3-4-8-21(19)26(28)29/h1-13H,(H,25,27). The van der Waals surface area contributed by atoms with Gasteiger partial charge in [-0.25, -0.2) is 4.98 Å². The number of hydrogen-bond donors (Lipinski definition) is 1. The zero-order valence-corrected chi connectivity index (χ0v) is 15.8. The van der Waals surface area contributed by atoms with Gasteiger partial charge in [-0.15, -0.1) is 0 Å². The largest absolute Gasteiger partial charge is 0.316 e. The summed E-state index contributed by atoms with van der Waals surface area (Å²) in [5.74, 6) is -0.451. The molecule has 1 N–H and O–H groups in total. The Bertz CT molecular complexity index is 1240. The number of halogens is 1. The molecule has 0 radical (unpaired) electrons. The normalized spacial score (nSPS) is 10.7. The van der Waals surface area contributed by atoms with Crippen molar-refractivity contribution in [2.45, 2.75) is 0 Å². The van der Waals surface area contributed by atoms with Crippen LogP contribution in [0.1, 0.15) is 10.4 Å². The second-order valence-corrected chi connectivity index (χ2v) is 6.74. The summed E-state index contributed by atoms with van der Waals surface area (Å²) >= 11 is 5.97. The lowest BCUT2D eigenvalue weighted by Gasteiger charge is -2.11. The minimum atomic E-state index is -0.528. The Kier molecular flexibility index (Phi) is 4.93. The van der Waals surface area contributed by atoms with Gasteiger partial charge in [0.05, 0.1) is 21.7 Å². The molecule has 6 nitrogen and oxygen atoms in total. The summed E-state index contributed by atoms with van der Waals surface area (Å²) in [5.41, 5.74) is 2.40. The fourth-order valence-electron chi connectivity index (χ4n) is 3.06. The summed E-state index contributed by atoms with van der Waals surface area (Å²) in [6.07, 6.45) is 0. The molecule has 1 heterocycles. The van der Waals surface area contributed by atoms with Gasteiger partial charge in [0.15, 0.2) is 0 Å². The van der Waals surface area contributed by atoms with E-state index in [4.69, 9.17) is 11.6 Å². The summed E-state index contributed by atoms with van der Waals surface area (Å²) < 4.78 is 0. The Balaban J connectivity index is 1.81. The number of fused-ring (bicyclic) bond motifs is 1. The van der Waals surface area contributed by atoms with E-state index in [1.807, 2.05) is 30.3 Å². The van der Waals surface area contributed by atoms with Crippen molar-refractivity contribution in [1.82, 2.24) is 4.98 Å². The van der Waals surface area contributed by atoms with E-state index in [9.17, 15) is 14.9 Å². The molecule has 0 saturated heterocycles. The number of hydrogen-bond acceptors (Lipinski definition) is 4. The molecule has 0 aliphatic carbocycles. The number of nitrogens with one attached hydrogen (secondary N) is 1. The zero-order valence-electron chi connectivity index (χ0n) is 15.0. The van der Waals surface area contributed by atoms with Crippen LogP contribution in [0.3, 0.4) is 0 Å². The van der Waals surface area contributed by atoms with Crippen LogP contribution in [0, 0.1) is 10.1 Å². The van der Waals surface area contributed by atoms with Gasteiger partial charge < -0.3 is 5.32 Å². The lowest BCUT2D eigenvalue weighted by atomic mass is 10.0. The van der Waals surface area contributed by atoms with Crippen molar-refractivity contribution in [3.05, 3.63) is 99.6 Å². The topological polar surface area (TPSA) is 85.1 Å². The summed E-state index contributed by atoms with van der Waals surface area (Å²) in [4.78, 5) is 28.4. The second kappa shape index (κ2) is 7.69. The van der Waals surface area contributed by atoms with Crippen molar-refractivity contribution in [3.63, 3.8) is 0 Å². The van der Waals surface area contributed by atoms with E-state index in [0.717, 1.165) is 5.56 Å². The number of nitro benzene ring substituents is 1. The number of amides is 1. The highest BCUT2D eigenvalue weighted by atomic mass is 35.5. The molecule has 0 bridgehead atoms. The first-order chi connectivity index (χ1) is 14.0. The fourth-order valence-corrected chi connectivity index (χ4v) is 3.19. The predicted octanol–water partition coefficient (Wildman–Crippen LogP) is 5.72. The minimum Gasteiger partial charge on any atom is -0.316 e. The van der Waals surface area contributed by atoms with Gasteiger partial charge >= 0.3 is 0 Å². The molecule has 29 heavy (non-hydrogen) atoms. The lowest BCUT2D eigenvalue weighted by Crippen LogP contribution is -2.14. The summed E-state index contributed by atoms with van der Waals surface area (Å²) in [6.45, 7) is 0. The molecule has 0 aliphatic heterocycles. The molecule has 4 rings (SSSR count). The number of pyridine rings is 1. The number of benzene rings is 3. The van der Waals surface area contributed by atoms with E-state index in [2.05, 4.69) is 10.3 Å². The lowest BCUT2D eigenvalue weighted by molar-refractivity contribution is -0.383. The highest BCUT2D eigenvalue weighted by molar-refractivity contribution is 6.30. The molecule has 3 aromatic carbocycles. The van der Waals surface area contributed by atoms with E-state index in [0.29, 0.717) is 27.2 Å². The number of anilines is 1. The van der Waals surface area contributed by atoms with Crippen LogP contribution in [0.5, 0.6) is 0 Å². The smallest absolute Gasteiger partial charge is 0.292 e. The maximum absolute atomic E-state index is 13.1. The number of rotatable bonds is 4. The Labute approximate surface area is 170 Å². The molecular formula is C22H14ClN3O3. The Hall–Kier alpha value is -3.77. The average Bonchev–Trinajstić information content (AvgIpc) is 2.73. The number of para-hydroxylation sites is 3. The first kappa shape index (κ1) is 18.6. The van der Waals surface area contributed by atoms with Crippen LogP contribution in [-0.2, 0) is 0 Å². The van der Waals surface area contributed by atoms with Crippen molar-refractivity contribution in [1.29, 1.82) is 0 Å². The zero-order chi connectivity index (χ0) is 20.4. The first-order valence-corrected chi connectivity index (χ1v) is 9.11. The van der Waals surface area contributed by atoms with Gasteiger partial charge in [-0.2, -0.15) is 0 Å². The van der Waals surface area contributed by atoms with E-state index < -0.39 is 10.8 Å². The SMILES string of the molecule is O=C(Nc1ccccc1[N+](=O)[O-])c1cc(-c2ccc(Cl)cc2)nc2ccccc12. The van der Waals surface area contributed by atoms with Crippen molar-refractivity contribution >= 4 is 39.8 Å². The van der Waals surface area contributed by atoms with E-state index in [-0.39, 0.29) is 11.4 Å². The summed E-state index contributed by atoms with van der Waals surface area (Å²) in [7, 11) is 0. The quantitative estimate of drug-likeness (QED) is 0.349. The van der Waals surface area contributed by atoms with Crippen LogP contribution in [0.2, 0.25) is 5.02 Å². The van der Waals surface area contributed by atoms with Gasteiger partial charge in [0.1, 0.15) is 5.69 Å². The van der Waals surface area contributed by atoms with Crippen LogP contribution in [0.15, 0.2) is 78.9 Å². The highest BCUT2D eigenvalue weighted by Gasteiger charge is 2.18. The second-order valence-electron chi connectivity index (χ2n) is 6.31. The van der Waals surface area contributed by atoms with Crippen molar-refractivity contribution < 1.29 is 9.72 Å². The van der Waals surface area contributed by atoms with Crippen LogP contribution in [0.4, 0.5) is 11.4 Å². The molecule has 0 unspecified atom stereocenters. The number of nitro groups is 1. The molecular weight excluding hydrogens is 390 g/mol. The molecule has 4 aromatic rings. The summed E-state index contributed by atoms with van der Waals surface area (Å²) in [6, 6.07) is 22.1. The number of carbonyl (C=O) groups is 1. The molecule has 0 spiro atoms. The third-order valence-electron chi connectivity index (χ3n) is 4.45. The minimum absolute atomic E-state index is 0.136. The maximum Gasteiger partial charge on any atom is 0.292 e. The molecule has 1 aromatic heterocycles. The Morgan fingerprint density at radius 2 is 1.66 bits per heavy atom. The van der Waals surface area contributed by atoms with Crippen LogP contribution in [0.25, 0.3) is 22.2 Å². The van der Waals surface area contributed by atoms with E-state index >= 15 is 0 Å². The molecule has 0 aliphatic rings. The van der Waals surface area contributed by atoms with Crippen molar-refractivity contribution in [2.24, 2.45) is 0 Å². The maximum atomic E-state index is 13.1. The Morgan fingerprint density at radius 3 is 2.41 bits per heavy atom. The number of carbonyl (C=O) groups excluding carboxylic acids is 1. The van der Waals surface area contributed by atoms with Crippen molar-refractivity contribution in [3.8, 4) is 11.3 Å². The van der Waals surface area contributed by atoms with Gasteiger partial charge in [0.25, 0.3) is 11.6 Å². The Morgan fingerprint density at radius 1 is 0.966 bits per heavy atom. The van der Waals surface area contributed by atoms with Crippen molar-refractivity contribution in [2.75, 3.05) is 5.32 Å². The molecule has 7 heteroatoms. The molecule has 0 fully saturated rings. The monoisotopic (exact) mass is 403 g/mol. The first-order valence-electron chi connectivity index (χ1n) is 8.73. The van der Waals surface area contributed by atoms with Gasteiger partial charge in [0, 0.05) is 22.0 Å². The van der Waals surface area contributed by atoms with Gasteiger partial charge in [-0.1, -0.05) is 54.1 Å². The summed E-state index contributed by atoms with van der Waals surface area (Å²) in [5, 5.41) is 15.2. The van der Waals surface area contributed by atoms with E-state index in [1.54, 1.807) is 36.4 Å². The highest BCUT2D eigenvalue weighted by Crippen LogP contribution is 2.28. The van der Waals surface area contributed by atoms with E-state index in [1.165, 1.54) is 12.1 Å². The van der Waals surface area contributed by atoms with Gasteiger partial charge in [-0.3, -0.25) is 14.9 Å². The van der Waals surface area contributed by atoms with Crippen LogP contribution < -0.4 is 5.32 Å². The van der Waals surface area contributed by atoms with Crippen LogP contribution >= 0.6 is 11.6 Å². The van der Waals surface area contributed by atoms with Gasteiger partial charge in [0.2, 0.25) is 0 Å². The predicted molar refractivity (Wildman–Crippen MR) is 113 cm³/mol. The third-order valence-corrected chi connectivity index (χ3v) is 4.70. The number of aromatic nitrogens is 1. The molecule has 142 valence electrons. The van der Waals surface area contributed by atoms with Crippen LogP contribution in [-0.4, -0.2) is 15.8 Å².